The number of amides is 5. The molecule has 0 bridgehead atoms. The number of hydrogen-bond acceptors (Lipinski definition) is 8. The van der Waals surface area contributed by atoms with E-state index in [0.717, 1.165) is 0 Å². The van der Waals surface area contributed by atoms with Gasteiger partial charge in [-0.1, -0.05) is 13.8 Å². The molecule has 5 amide bonds. The molecule has 0 saturated carbocycles. The molecule has 0 heterocycles. The molecule has 0 aromatic rings. The number of aliphatic carboxylic acids is 1. The highest BCUT2D eigenvalue weighted by atomic mass is 16.4. The normalized spacial score (nSPS) is 14.6. The minimum absolute atomic E-state index is 0.0863. The summed E-state index contributed by atoms with van der Waals surface area (Å²) in [5.41, 5.74) is 15.5. The van der Waals surface area contributed by atoms with E-state index in [2.05, 4.69) is 10.6 Å². The molecule has 0 fully saturated rings. The third-order valence-corrected chi connectivity index (χ3v) is 3.93. The van der Waals surface area contributed by atoms with Crippen molar-refractivity contribution in [3.8, 4) is 0 Å². The first kappa shape index (κ1) is 27.7. The topological polar surface area (TPSA) is 257 Å². The van der Waals surface area contributed by atoms with Gasteiger partial charge in [0.25, 0.3) is 0 Å². The summed E-state index contributed by atoms with van der Waals surface area (Å²) in [7, 11) is 0. The molecular weight excluding hydrogens is 416 g/mol. The van der Waals surface area contributed by atoms with Gasteiger partial charge in [-0.05, 0) is 12.3 Å². The van der Waals surface area contributed by atoms with Crippen LogP contribution in [0, 0.1) is 5.92 Å². The largest absolute Gasteiger partial charge is 0.480 e. The van der Waals surface area contributed by atoms with Gasteiger partial charge in [0.2, 0.25) is 29.5 Å². The van der Waals surface area contributed by atoms with Crippen LogP contribution in [0.4, 0.5) is 0 Å². The molecule has 31 heavy (non-hydrogen) atoms. The van der Waals surface area contributed by atoms with Crippen LogP contribution in [0.15, 0.2) is 0 Å². The van der Waals surface area contributed by atoms with Gasteiger partial charge in [0, 0.05) is 0 Å². The summed E-state index contributed by atoms with van der Waals surface area (Å²) in [5.74, 6) is -6.39. The number of aliphatic hydroxyl groups is 1. The Labute approximate surface area is 178 Å². The number of carboxylic acid groups (broad SMARTS) is 1. The van der Waals surface area contributed by atoms with Crippen LogP contribution in [0.5, 0.6) is 0 Å². The van der Waals surface area contributed by atoms with Crippen molar-refractivity contribution in [2.45, 2.75) is 57.3 Å². The molecule has 14 nitrogen and oxygen atoms in total. The van der Waals surface area contributed by atoms with Crippen LogP contribution in [-0.2, 0) is 28.8 Å². The van der Waals surface area contributed by atoms with E-state index in [0.29, 0.717) is 0 Å². The Morgan fingerprint density at radius 2 is 1.19 bits per heavy atom. The fraction of sp³-hybridized carbons (Fsp3) is 0.647. The lowest BCUT2D eigenvalue weighted by Crippen LogP contribution is -2.58. The zero-order chi connectivity index (χ0) is 24.3. The third kappa shape index (κ3) is 10.9. The molecule has 0 radical (unpaired) electrons. The van der Waals surface area contributed by atoms with Crippen LogP contribution < -0.4 is 33.2 Å². The van der Waals surface area contributed by atoms with E-state index in [-0.39, 0.29) is 12.3 Å². The highest BCUT2D eigenvalue weighted by Crippen LogP contribution is 2.07. The van der Waals surface area contributed by atoms with E-state index in [1.165, 1.54) is 0 Å². The lowest BCUT2D eigenvalue weighted by atomic mass is 10.0. The van der Waals surface area contributed by atoms with Crippen molar-refractivity contribution in [3.63, 3.8) is 0 Å². The first-order valence-corrected chi connectivity index (χ1v) is 9.35. The third-order valence-electron chi connectivity index (χ3n) is 3.93. The monoisotopic (exact) mass is 446 g/mol. The fourth-order valence-electron chi connectivity index (χ4n) is 2.42. The molecule has 0 aliphatic rings. The molecule has 176 valence electrons. The van der Waals surface area contributed by atoms with E-state index in [1.807, 2.05) is 5.32 Å². The van der Waals surface area contributed by atoms with E-state index in [4.69, 9.17) is 27.4 Å². The second kappa shape index (κ2) is 13.1. The summed E-state index contributed by atoms with van der Waals surface area (Å²) < 4.78 is 0. The van der Waals surface area contributed by atoms with Gasteiger partial charge in [-0.25, -0.2) is 4.79 Å². The number of carbonyl (C=O) groups excluding carboxylic acids is 5. The Morgan fingerprint density at radius 3 is 1.61 bits per heavy atom. The first-order chi connectivity index (χ1) is 14.3. The molecule has 0 saturated heterocycles. The molecule has 4 atom stereocenters. The summed E-state index contributed by atoms with van der Waals surface area (Å²) in [6.07, 6.45) is -1.28. The van der Waals surface area contributed by atoms with Crippen LogP contribution in [0.3, 0.4) is 0 Å². The maximum Gasteiger partial charge on any atom is 0.326 e. The predicted molar refractivity (Wildman–Crippen MR) is 106 cm³/mol. The number of nitrogens with one attached hydrogen (secondary N) is 3. The minimum atomic E-state index is -1.69. The standard InChI is InChI=1S/C17H30N6O8/c1-7(2)3-9(21-14(27)8(18)6-24)15(28)22-10(4-12(19)25)16(29)23-11(17(30)31)5-13(20)26/h7-11,24H,3-6,18H2,1-2H3,(H2,19,25)(H2,20,26)(H,21,27)(H,22,28)(H,23,29)(H,30,31). The maximum absolute atomic E-state index is 12.7. The molecule has 0 rings (SSSR count). The molecule has 4 unspecified atom stereocenters. The number of carbonyl (C=O) groups is 6. The van der Waals surface area contributed by atoms with Crippen molar-refractivity contribution in [2.75, 3.05) is 6.61 Å². The number of rotatable bonds is 14. The Balaban J connectivity index is 5.51. The average molecular weight is 446 g/mol. The van der Waals surface area contributed by atoms with Gasteiger partial charge in [-0.3, -0.25) is 24.0 Å². The van der Waals surface area contributed by atoms with E-state index < -0.39 is 79.1 Å². The Hall–Kier alpha value is -3.26. The van der Waals surface area contributed by atoms with Gasteiger partial charge in [0.15, 0.2) is 0 Å². The zero-order valence-corrected chi connectivity index (χ0v) is 17.3. The van der Waals surface area contributed by atoms with Crippen molar-refractivity contribution >= 4 is 35.5 Å². The van der Waals surface area contributed by atoms with E-state index in [1.54, 1.807) is 13.8 Å². The minimum Gasteiger partial charge on any atom is -0.480 e. The van der Waals surface area contributed by atoms with Crippen LogP contribution in [0.2, 0.25) is 0 Å². The van der Waals surface area contributed by atoms with E-state index >= 15 is 0 Å². The SMILES string of the molecule is CC(C)CC(NC(=O)C(N)CO)C(=O)NC(CC(N)=O)C(=O)NC(CC(N)=O)C(=O)O. The van der Waals surface area contributed by atoms with E-state index in [9.17, 15) is 28.8 Å². The van der Waals surface area contributed by atoms with Gasteiger partial charge in [-0.2, -0.15) is 0 Å². The summed E-state index contributed by atoms with van der Waals surface area (Å²) >= 11 is 0. The van der Waals surface area contributed by atoms with Crippen LogP contribution >= 0.6 is 0 Å². The molecule has 11 N–H and O–H groups in total. The van der Waals surface area contributed by atoms with Gasteiger partial charge in [0.05, 0.1) is 19.4 Å². The van der Waals surface area contributed by atoms with Crippen molar-refractivity contribution in [2.24, 2.45) is 23.1 Å². The molecule has 0 spiro atoms. The molecule has 0 aromatic heterocycles. The van der Waals surface area contributed by atoms with Crippen molar-refractivity contribution in [1.82, 2.24) is 16.0 Å². The Morgan fingerprint density at radius 1 is 0.774 bits per heavy atom. The number of hydrogen-bond donors (Lipinski definition) is 8. The second-order valence-electron chi connectivity index (χ2n) is 7.28. The lowest BCUT2D eigenvalue weighted by Gasteiger charge is -2.25. The van der Waals surface area contributed by atoms with Gasteiger partial charge >= 0.3 is 5.97 Å². The van der Waals surface area contributed by atoms with Crippen LogP contribution in [0.25, 0.3) is 0 Å². The molecule has 0 aliphatic carbocycles. The number of aliphatic hydroxyl groups excluding tert-OH is 1. The van der Waals surface area contributed by atoms with Crippen LogP contribution in [-0.4, -0.2) is 76.5 Å². The van der Waals surface area contributed by atoms with Crippen LogP contribution in [0.1, 0.15) is 33.1 Å². The number of nitrogens with two attached hydrogens (primary N) is 3. The van der Waals surface area contributed by atoms with Crippen molar-refractivity contribution in [1.29, 1.82) is 0 Å². The predicted octanol–water partition coefficient (Wildman–Crippen LogP) is -4.36. The summed E-state index contributed by atoms with van der Waals surface area (Å²) in [5, 5.41) is 24.7. The summed E-state index contributed by atoms with van der Waals surface area (Å²) in [6.45, 7) is 2.85. The summed E-state index contributed by atoms with van der Waals surface area (Å²) in [4.78, 5) is 70.6. The highest BCUT2D eigenvalue weighted by Gasteiger charge is 2.31. The summed E-state index contributed by atoms with van der Waals surface area (Å²) in [6, 6.07) is -5.73. The first-order valence-electron chi connectivity index (χ1n) is 9.35. The fourth-order valence-corrected chi connectivity index (χ4v) is 2.42. The molecule has 0 aromatic carbocycles. The zero-order valence-electron chi connectivity index (χ0n) is 17.3. The quantitative estimate of drug-likeness (QED) is 0.128. The molecule has 14 heteroatoms. The number of primary amides is 2. The smallest absolute Gasteiger partial charge is 0.326 e. The molecular formula is C17H30N6O8. The Bertz CT molecular complexity index is 698. The number of carboxylic acids is 1. The average Bonchev–Trinajstić information content (AvgIpc) is 2.64. The van der Waals surface area contributed by atoms with Crippen molar-refractivity contribution in [3.05, 3.63) is 0 Å². The Kier molecular flexibility index (Phi) is 11.7. The van der Waals surface area contributed by atoms with Gasteiger partial charge in [-0.15, -0.1) is 0 Å². The van der Waals surface area contributed by atoms with Crippen molar-refractivity contribution < 1.29 is 39.0 Å². The molecule has 0 aliphatic heterocycles. The van der Waals surface area contributed by atoms with Gasteiger partial charge in [0.1, 0.15) is 24.2 Å². The van der Waals surface area contributed by atoms with Gasteiger partial charge < -0.3 is 43.4 Å². The highest BCUT2D eigenvalue weighted by molar-refractivity contribution is 5.96. The second-order valence-corrected chi connectivity index (χ2v) is 7.28. The maximum atomic E-state index is 12.7. The lowest BCUT2D eigenvalue weighted by molar-refractivity contribution is -0.144.